The Balaban J connectivity index is 1.30. The van der Waals surface area contributed by atoms with Crippen molar-refractivity contribution in [1.82, 2.24) is 4.40 Å². The van der Waals surface area contributed by atoms with E-state index in [1.54, 1.807) is 0 Å². The van der Waals surface area contributed by atoms with E-state index >= 15 is 0 Å². The molecule has 2 heterocycles. The molecule has 0 aliphatic heterocycles. The van der Waals surface area contributed by atoms with Gasteiger partial charge in [0, 0.05) is 21.5 Å². The van der Waals surface area contributed by atoms with E-state index in [1.807, 2.05) is 30.3 Å². The molecule has 8 rings (SSSR count). The molecule has 0 radical (unpaired) electrons. The van der Waals surface area contributed by atoms with Crippen molar-refractivity contribution in [3.8, 4) is 33.4 Å². The van der Waals surface area contributed by atoms with E-state index in [0.717, 1.165) is 22.3 Å². The smallest absolute Gasteiger partial charge is 0.188 e. The topological polar surface area (TPSA) is 8.77 Å². The standard InChI is InChI=1S/C38H24N2/c1-24-17-34-32-13-6-7-14-36(32)40-37-16-15-28(23-33(37)35(18-24)38(34)40)26-11-8-12-27(19-26)30-20-29(21-31(22-30)39-2)25-9-4-3-5-10-25/h3-23H,1H3. The van der Waals surface area contributed by atoms with Crippen LogP contribution in [0.25, 0.3) is 76.3 Å². The third-order valence-electron chi connectivity index (χ3n) is 8.12. The van der Waals surface area contributed by atoms with Gasteiger partial charge in [0.2, 0.25) is 0 Å². The van der Waals surface area contributed by atoms with Crippen LogP contribution in [0, 0.1) is 13.5 Å². The fourth-order valence-electron chi connectivity index (χ4n) is 6.34. The Labute approximate surface area is 232 Å². The lowest BCUT2D eigenvalue weighted by atomic mass is 9.95. The highest BCUT2D eigenvalue weighted by Crippen LogP contribution is 2.41. The normalized spacial score (nSPS) is 11.6. The average molecular weight is 509 g/mol. The molecule has 0 unspecified atom stereocenters. The van der Waals surface area contributed by atoms with Gasteiger partial charge in [-0.15, -0.1) is 0 Å². The Morgan fingerprint density at radius 2 is 1.07 bits per heavy atom. The van der Waals surface area contributed by atoms with E-state index in [-0.39, 0.29) is 0 Å². The van der Waals surface area contributed by atoms with Gasteiger partial charge in [0.15, 0.2) is 5.69 Å². The molecule has 40 heavy (non-hydrogen) atoms. The van der Waals surface area contributed by atoms with Gasteiger partial charge in [0.1, 0.15) is 0 Å². The van der Waals surface area contributed by atoms with Crippen molar-refractivity contribution < 1.29 is 0 Å². The first-order chi connectivity index (χ1) is 19.7. The van der Waals surface area contributed by atoms with Crippen LogP contribution in [0.2, 0.25) is 0 Å². The zero-order chi connectivity index (χ0) is 26.8. The lowest BCUT2D eigenvalue weighted by molar-refractivity contribution is 1.37. The predicted octanol–water partition coefficient (Wildman–Crippen LogP) is 10.7. The molecule has 0 aliphatic rings. The summed E-state index contributed by atoms with van der Waals surface area (Å²) in [6.07, 6.45) is 0. The lowest BCUT2D eigenvalue weighted by Crippen LogP contribution is -1.85. The van der Waals surface area contributed by atoms with E-state index in [2.05, 4.69) is 113 Å². The lowest BCUT2D eigenvalue weighted by Gasteiger charge is -2.10. The van der Waals surface area contributed by atoms with Crippen molar-refractivity contribution in [2.75, 3.05) is 0 Å². The van der Waals surface area contributed by atoms with Crippen LogP contribution in [0.3, 0.4) is 0 Å². The zero-order valence-corrected chi connectivity index (χ0v) is 22.0. The average Bonchev–Trinajstić information content (AvgIpc) is 3.52. The van der Waals surface area contributed by atoms with Gasteiger partial charge in [-0.3, -0.25) is 0 Å². The Morgan fingerprint density at radius 3 is 1.88 bits per heavy atom. The van der Waals surface area contributed by atoms with E-state index in [0.29, 0.717) is 5.69 Å². The minimum atomic E-state index is 0.650. The van der Waals surface area contributed by atoms with Crippen molar-refractivity contribution in [2.24, 2.45) is 0 Å². The molecule has 0 bridgehead atoms. The molecule has 8 aromatic rings. The number of hydrogen-bond acceptors (Lipinski definition) is 0. The van der Waals surface area contributed by atoms with E-state index in [1.165, 1.54) is 54.8 Å². The summed E-state index contributed by atoms with van der Waals surface area (Å²) in [5.74, 6) is 0. The first-order valence-electron chi connectivity index (χ1n) is 13.6. The molecular weight excluding hydrogens is 484 g/mol. The summed E-state index contributed by atoms with van der Waals surface area (Å²) in [7, 11) is 0. The molecule has 0 amide bonds. The molecule has 0 aliphatic carbocycles. The second kappa shape index (κ2) is 8.56. The fourth-order valence-corrected chi connectivity index (χ4v) is 6.34. The van der Waals surface area contributed by atoms with Crippen LogP contribution in [0.5, 0.6) is 0 Å². The molecule has 0 saturated heterocycles. The Hall–Kier alpha value is -5.39. The number of aryl methyl sites for hydroxylation is 1. The number of hydrogen-bond donors (Lipinski definition) is 0. The second-order valence-corrected chi connectivity index (χ2v) is 10.6. The summed E-state index contributed by atoms with van der Waals surface area (Å²) in [6, 6.07) is 45.3. The van der Waals surface area contributed by atoms with Crippen LogP contribution >= 0.6 is 0 Å². The Morgan fingerprint density at radius 1 is 0.475 bits per heavy atom. The molecule has 0 N–H and O–H groups in total. The van der Waals surface area contributed by atoms with Crippen LogP contribution in [0.4, 0.5) is 5.69 Å². The first kappa shape index (κ1) is 22.6. The molecule has 0 atom stereocenters. The monoisotopic (exact) mass is 508 g/mol. The highest BCUT2D eigenvalue weighted by molar-refractivity contribution is 6.23. The molecule has 6 aromatic carbocycles. The van der Waals surface area contributed by atoms with Gasteiger partial charge in [0.25, 0.3) is 0 Å². The minimum absolute atomic E-state index is 0.650. The van der Waals surface area contributed by atoms with Crippen molar-refractivity contribution in [2.45, 2.75) is 6.92 Å². The van der Waals surface area contributed by atoms with Gasteiger partial charge in [-0.05, 0) is 100 Å². The van der Waals surface area contributed by atoms with Crippen LogP contribution in [-0.2, 0) is 0 Å². The van der Waals surface area contributed by atoms with E-state index in [9.17, 15) is 0 Å². The molecule has 0 spiro atoms. The predicted molar refractivity (Wildman–Crippen MR) is 168 cm³/mol. The SMILES string of the molecule is [C-]#[N+]c1cc(-c2ccccc2)cc(-c2cccc(-c3ccc4c(c3)c3cc(C)cc5c6ccccc6n4c53)c2)c1. The number of para-hydroxylation sites is 1. The van der Waals surface area contributed by atoms with Crippen molar-refractivity contribution in [1.29, 1.82) is 0 Å². The van der Waals surface area contributed by atoms with Gasteiger partial charge in [0.05, 0.1) is 23.1 Å². The Kier molecular flexibility index (Phi) is 4.83. The zero-order valence-electron chi connectivity index (χ0n) is 22.0. The maximum absolute atomic E-state index is 7.69. The number of nitrogens with zero attached hydrogens (tertiary/aromatic N) is 2. The van der Waals surface area contributed by atoms with E-state index in [4.69, 9.17) is 6.57 Å². The van der Waals surface area contributed by atoms with Crippen LogP contribution in [0.1, 0.15) is 5.56 Å². The molecule has 0 fully saturated rings. The third-order valence-corrected chi connectivity index (χ3v) is 8.12. The fraction of sp³-hybridized carbons (Fsp3) is 0.0263. The summed E-state index contributed by atoms with van der Waals surface area (Å²) in [5.41, 5.74) is 12.4. The van der Waals surface area contributed by atoms with Crippen molar-refractivity contribution in [3.63, 3.8) is 0 Å². The highest BCUT2D eigenvalue weighted by atomic mass is 14.9. The number of aromatic nitrogens is 1. The van der Waals surface area contributed by atoms with Gasteiger partial charge >= 0.3 is 0 Å². The van der Waals surface area contributed by atoms with Crippen molar-refractivity contribution >= 4 is 43.8 Å². The van der Waals surface area contributed by atoms with Crippen LogP contribution < -0.4 is 0 Å². The second-order valence-electron chi connectivity index (χ2n) is 10.6. The van der Waals surface area contributed by atoms with Gasteiger partial charge in [-0.2, -0.15) is 0 Å². The maximum atomic E-state index is 7.69. The molecule has 2 aromatic heterocycles. The molecule has 186 valence electrons. The number of rotatable bonds is 3. The molecular formula is C38H24N2. The summed E-state index contributed by atoms with van der Waals surface area (Å²) in [5, 5.41) is 5.20. The minimum Gasteiger partial charge on any atom is -0.308 e. The molecule has 0 saturated carbocycles. The van der Waals surface area contributed by atoms with Gasteiger partial charge < -0.3 is 4.40 Å². The molecule has 2 nitrogen and oxygen atoms in total. The van der Waals surface area contributed by atoms with Crippen molar-refractivity contribution in [3.05, 3.63) is 144 Å². The third kappa shape index (κ3) is 3.35. The van der Waals surface area contributed by atoms with Gasteiger partial charge in [-0.25, -0.2) is 4.85 Å². The summed E-state index contributed by atoms with van der Waals surface area (Å²) in [4.78, 5) is 3.77. The number of benzene rings is 6. The molecule has 2 heteroatoms. The summed E-state index contributed by atoms with van der Waals surface area (Å²) >= 11 is 0. The van der Waals surface area contributed by atoms with Crippen LogP contribution in [-0.4, -0.2) is 4.40 Å². The first-order valence-corrected chi connectivity index (χ1v) is 13.6. The number of fused-ring (bicyclic) bond motifs is 6. The summed E-state index contributed by atoms with van der Waals surface area (Å²) in [6.45, 7) is 9.88. The van der Waals surface area contributed by atoms with E-state index < -0.39 is 0 Å². The Bertz CT molecular complexity index is 2280. The summed E-state index contributed by atoms with van der Waals surface area (Å²) < 4.78 is 2.43. The van der Waals surface area contributed by atoms with Gasteiger partial charge in [-0.1, -0.05) is 72.8 Å². The van der Waals surface area contributed by atoms with Crippen LogP contribution in [0.15, 0.2) is 127 Å². The quantitative estimate of drug-likeness (QED) is 0.210. The largest absolute Gasteiger partial charge is 0.308 e. The highest BCUT2D eigenvalue weighted by Gasteiger charge is 2.18. The maximum Gasteiger partial charge on any atom is 0.188 e.